The number of carbonyl (C=O) groups excluding carboxylic acids is 1. The maximum absolute atomic E-state index is 13.8. The predicted octanol–water partition coefficient (Wildman–Crippen LogP) is 4.67. The normalized spacial score (nSPS) is 12.1. The van der Waals surface area contributed by atoms with Gasteiger partial charge in [0.15, 0.2) is 5.78 Å². The SMILES string of the molecule is COc1cc(NC(C(=O)c2c[nH]c3cc[c]cc23)c2cc3ccccn3n2)cc(OC)c1. The van der Waals surface area contributed by atoms with Crippen molar-refractivity contribution in [2.24, 2.45) is 0 Å². The molecule has 0 saturated heterocycles. The van der Waals surface area contributed by atoms with Gasteiger partial charge in [-0.3, -0.25) is 4.79 Å². The Morgan fingerprint density at radius 3 is 2.69 bits per heavy atom. The summed E-state index contributed by atoms with van der Waals surface area (Å²) in [6.45, 7) is 0. The molecule has 0 amide bonds. The smallest absolute Gasteiger partial charge is 0.193 e. The van der Waals surface area contributed by atoms with E-state index in [9.17, 15) is 4.79 Å². The minimum Gasteiger partial charge on any atom is -0.497 e. The Balaban J connectivity index is 1.61. The number of aromatic nitrogens is 3. The number of nitrogens with zero attached hydrogens (tertiary/aromatic N) is 2. The molecular weight excluding hydrogens is 404 g/mol. The first kappa shape index (κ1) is 19.7. The van der Waals surface area contributed by atoms with E-state index in [1.54, 1.807) is 31.0 Å². The Morgan fingerprint density at radius 2 is 1.94 bits per heavy atom. The van der Waals surface area contributed by atoms with Crippen molar-refractivity contribution >= 4 is 27.9 Å². The van der Waals surface area contributed by atoms with Crippen molar-refractivity contribution in [2.45, 2.75) is 6.04 Å². The molecule has 32 heavy (non-hydrogen) atoms. The molecule has 0 fully saturated rings. The summed E-state index contributed by atoms with van der Waals surface area (Å²) >= 11 is 0. The predicted molar refractivity (Wildman–Crippen MR) is 123 cm³/mol. The molecule has 1 atom stereocenters. The Morgan fingerprint density at radius 1 is 1.12 bits per heavy atom. The van der Waals surface area contributed by atoms with E-state index in [0.29, 0.717) is 28.4 Å². The average molecular weight is 425 g/mol. The van der Waals surface area contributed by atoms with Gasteiger partial charge in [-0.1, -0.05) is 12.1 Å². The Labute approximate surface area is 184 Å². The zero-order valence-corrected chi connectivity index (χ0v) is 17.6. The van der Waals surface area contributed by atoms with Crippen molar-refractivity contribution in [1.29, 1.82) is 0 Å². The fourth-order valence-electron chi connectivity index (χ4n) is 3.80. The number of nitrogens with one attached hydrogen (secondary N) is 2. The van der Waals surface area contributed by atoms with Gasteiger partial charge in [0.1, 0.15) is 17.5 Å². The first-order valence-corrected chi connectivity index (χ1v) is 10.1. The topological polar surface area (TPSA) is 80.7 Å². The number of H-pyrrole nitrogens is 1. The van der Waals surface area contributed by atoms with Crippen LogP contribution in [0.2, 0.25) is 0 Å². The lowest BCUT2D eigenvalue weighted by atomic mass is 10.0. The molecule has 5 rings (SSSR count). The average Bonchev–Trinajstić information content (AvgIpc) is 3.46. The maximum atomic E-state index is 13.8. The molecule has 0 aliphatic rings. The number of carbonyl (C=O) groups is 1. The van der Waals surface area contributed by atoms with Crippen LogP contribution in [0.25, 0.3) is 16.4 Å². The van der Waals surface area contributed by atoms with Gasteiger partial charge in [0.25, 0.3) is 0 Å². The van der Waals surface area contributed by atoms with Crippen LogP contribution >= 0.6 is 0 Å². The summed E-state index contributed by atoms with van der Waals surface area (Å²) in [7, 11) is 3.18. The molecule has 7 nitrogen and oxygen atoms in total. The number of anilines is 1. The molecule has 2 N–H and O–H groups in total. The van der Waals surface area contributed by atoms with E-state index in [1.807, 2.05) is 60.8 Å². The number of ether oxygens (including phenoxy) is 2. The summed E-state index contributed by atoms with van der Waals surface area (Å²) in [5.41, 5.74) is 3.64. The van der Waals surface area contributed by atoms with E-state index in [1.165, 1.54) is 0 Å². The number of Topliss-reactive ketones (excluding diaryl/α,β-unsaturated/α-hetero) is 1. The van der Waals surface area contributed by atoms with Crippen LogP contribution in [-0.4, -0.2) is 34.6 Å². The highest BCUT2D eigenvalue weighted by molar-refractivity contribution is 6.11. The van der Waals surface area contributed by atoms with Crippen molar-refractivity contribution in [3.05, 3.63) is 90.4 Å². The molecule has 1 unspecified atom stereocenters. The first-order chi connectivity index (χ1) is 15.7. The van der Waals surface area contributed by atoms with Crippen molar-refractivity contribution < 1.29 is 14.3 Å². The lowest BCUT2D eigenvalue weighted by molar-refractivity contribution is 0.0969. The Bertz CT molecular complexity index is 1360. The number of ketones is 1. The van der Waals surface area contributed by atoms with Gasteiger partial charge in [0.05, 0.1) is 25.4 Å². The highest BCUT2D eigenvalue weighted by Gasteiger charge is 2.27. The largest absolute Gasteiger partial charge is 0.497 e. The summed E-state index contributed by atoms with van der Waals surface area (Å²) < 4.78 is 12.5. The lowest BCUT2D eigenvalue weighted by Crippen LogP contribution is -2.22. The van der Waals surface area contributed by atoms with Crippen molar-refractivity contribution in [2.75, 3.05) is 19.5 Å². The van der Waals surface area contributed by atoms with Crippen LogP contribution in [0.15, 0.2) is 73.1 Å². The number of hydrogen-bond donors (Lipinski definition) is 2. The maximum Gasteiger partial charge on any atom is 0.193 e. The van der Waals surface area contributed by atoms with Crippen molar-refractivity contribution in [1.82, 2.24) is 14.6 Å². The third kappa shape index (κ3) is 3.54. The van der Waals surface area contributed by atoms with Crippen LogP contribution in [0.4, 0.5) is 5.69 Å². The molecule has 0 bridgehead atoms. The highest BCUT2D eigenvalue weighted by Crippen LogP contribution is 2.31. The van der Waals surface area contributed by atoms with E-state index in [0.717, 1.165) is 16.4 Å². The second kappa shape index (κ2) is 8.11. The third-order valence-electron chi connectivity index (χ3n) is 5.40. The van der Waals surface area contributed by atoms with Crippen LogP contribution in [0.3, 0.4) is 0 Å². The summed E-state index contributed by atoms with van der Waals surface area (Å²) in [4.78, 5) is 17.0. The molecule has 7 heteroatoms. The molecule has 159 valence electrons. The van der Waals surface area contributed by atoms with Crippen LogP contribution in [0, 0.1) is 6.07 Å². The molecule has 1 radical (unpaired) electrons. The Hall–Kier alpha value is -4.26. The quantitative estimate of drug-likeness (QED) is 0.371. The van der Waals surface area contributed by atoms with Crippen LogP contribution in [0.1, 0.15) is 22.1 Å². The van der Waals surface area contributed by atoms with Gasteiger partial charge >= 0.3 is 0 Å². The zero-order valence-electron chi connectivity index (χ0n) is 17.6. The standard InChI is InChI=1S/C25H21N4O3/c1-31-18-11-16(12-19(14-18)32-2)27-24(23-13-17-7-5-6-10-29(17)28-23)25(30)21-15-26-22-9-4-3-8-20(21)22/h4-15,24,26-27H,1-2H3. The molecule has 0 aliphatic heterocycles. The molecular formula is C25H21N4O3. The second-order valence-electron chi connectivity index (χ2n) is 7.36. The van der Waals surface area contributed by atoms with E-state index < -0.39 is 6.04 Å². The molecule has 5 aromatic rings. The fourth-order valence-corrected chi connectivity index (χ4v) is 3.80. The van der Waals surface area contributed by atoms with Gasteiger partial charge in [0.2, 0.25) is 0 Å². The van der Waals surface area contributed by atoms with Gasteiger partial charge in [-0.15, -0.1) is 0 Å². The van der Waals surface area contributed by atoms with E-state index in [-0.39, 0.29) is 5.78 Å². The molecule has 2 aromatic carbocycles. The lowest BCUT2D eigenvalue weighted by Gasteiger charge is -2.18. The van der Waals surface area contributed by atoms with Crippen molar-refractivity contribution in [3.8, 4) is 11.5 Å². The summed E-state index contributed by atoms with van der Waals surface area (Å²) in [6, 6.07) is 21.0. The molecule has 0 aliphatic carbocycles. The van der Waals surface area contributed by atoms with E-state index in [4.69, 9.17) is 9.47 Å². The minimum absolute atomic E-state index is 0.110. The van der Waals surface area contributed by atoms with E-state index >= 15 is 0 Å². The van der Waals surface area contributed by atoms with Crippen LogP contribution in [0.5, 0.6) is 11.5 Å². The number of methoxy groups -OCH3 is 2. The molecule has 0 saturated carbocycles. The van der Waals surface area contributed by atoms with Gasteiger partial charge in [-0.2, -0.15) is 5.10 Å². The first-order valence-electron chi connectivity index (χ1n) is 10.1. The number of benzene rings is 2. The number of hydrogen-bond acceptors (Lipinski definition) is 5. The van der Waals surface area contributed by atoms with Crippen LogP contribution in [-0.2, 0) is 0 Å². The highest BCUT2D eigenvalue weighted by atomic mass is 16.5. The molecule has 3 heterocycles. The molecule has 3 aromatic heterocycles. The third-order valence-corrected chi connectivity index (χ3v) is 5.40. The second-order valence-corrected chi connectivity index (χ2v) is 7.36. The van der Waals surface area contributed by atoms with Gasteiger partial charge in [-0.25, -0.2) is 4.52 Å². The number of pyridine rings is 1. The fraction of sp³-hybridized carbons (Fsp3) is 0.120. The monoisotopic (exact) mass is 425 g/mol. The number of aromatic amines is 1. The van der Waals surface area contributed by atoms with Gasteiger partial charge in [-0.05, 0) is 36.4 Å². The number of rotatable bonds is 7. The molecule has 0 spiro atoms. The van der Waals surface area contributed by atoms with Gasteiger partial charge in [0, 0.05) is 52.7 Å². The minimum atomic E-state index is -0.731. The summed E-state index contributed by atoms with van der Waals surface area (Å²) in [5.74, 6) is 1.13. The van der Waals surface area contributed by atoms with E-state index in [2.05, 4.69) is 21.5 Å². The zero-order chi connectivity index (χ0) is 22.1. The number of fused-ring (bicyclic) bond motifs is 2. The van der Waals surface area contributed by atoms with Gasteiger partial charge < -0.3 is 19.8 Å². The Kier molecular flexibility index (Phi) is 4.99. The van der Waals surface area contributed by atoms with Crippen LogP contribution < -0.4 is 14.8 Å². The summed E-state index contributed by atoms with van der Waals surface area (Å²) in [5, 5.41) is 8.82. The van der Waals surface area contributed by atoms with Crippen molar-refractivity contribution in [3.63, 3.8) is 0 Å². The summed E-state index contributed by atoms with van der Waals surface area (Å²) in [6.07, 6.45) is 3.59.